The molecule has 218 valence electrons. The minimum absolute atomic E-state index is 0.0116. The Hall–Kier alpha value is -4.91. The van der Waals surface area contributed by atoms with Gasteiger partial charge in [0.25, 0.3) is 5.91 Å². The fraction of sp³-hybridized carbons (Fsp3) is 0.207. The SMILES string of the molecule is CCOC(=O)c1ccc(NC(=O)CSc2nnc(CNC(=O)c3cc(OC)cc(OC)c3)n2-c2ccc(F)cc2)cc1. The van der Waals surface area contributed by atoms with Gasteiger partial charge in [0.05, 0.1) is 38.7 Å². The van der Waals surface area contributed by atoms with Gasteiger partial charge in [-0.3, -0.25) is 14.2 Å². The van der Waals surface area contributed by atoms with Gasteiger partial charge in [-0.05, 0) is 67.6 Å². The van der Waals surface area contributed by atoms with E-state index in [1.807, 2.05) is 0 Å². The first kappa shape index (κ1) is 30.1. The van der Waals surface area contributed by atoms with Crippen LogP contribution >= 0.6 is 11.8 Å². The number of carbonyl (C=O) groups excluding carboxylic acids is 3. The van der Waals surface area contributed by atoms with Crippen LogP contribution in [-0.4, -0.2) is 59.1 Å². The molecule has 0 radical (unpaired) electrons. The first-order chi connectivity index (χ1) is 20.3. The van der Waals surface area contributed by atoms with E-state index in [0.29, 0.717) is 45.0 Å². The van der Waals surface area contributed by atoms with E-state index in [0.717, 1.165) is 11.8 Å². The first-order valence-corrected chi connectivity index (χ1v) is 13.7. The Labute approximate surface area is 245 Å². The van der Waals surface area contributed by atoms with Crippen LogP contribution in [-0.2, 0) is 16.1 Å². The lowest BCUT2D eigenvalue weighted by molar-refractivity contribution is -0.113. The van der Waals surface area contributed by atoms with Gasteiger partial charge in [-0.1, -0.05) is 11.8 Å². The first-order valence-electron chi connectivity index (χ1n) is 12.7. The second kappa shape index (κ2) is 14.1. The lowest BCUT2D eigenvalue weighted by atomic mass is 10.2. The zero-order chi connectivity index (χ0) is 30.1. The zero-order valence-electron chi connectivity index (χ0n) is 23.0. The zero-order valence-corrected chi connectivity index (χ0v) is 23.9. The normalized spacial score (nSPS) is 10.6. The number of amides is 2. The third-order valence-electron chi connectivity index (χ3n) is 5.82. The molecule has 0 atom stereocenters. The molecule has 3 aromatic carbocycles. The van der Waals surface area contributed by atoms with E-state index in [-0.39, 0.29) is 24.8 Å². The van der Waals surface area contributed by atoms with Crippen LogP contribution in [0.3, 0.4) is 0 Å². The predicted octanol–water partition coefficient (Wildman–Crippen LogP) is 4.26. The van der Waals surface area contributed by atoms with E-state index in [1.54, 1.807) is 66.1 Å². The van der Waals surface area contributed by atoms with Crippen molar-refractivity contribution in [1.82, 2.24) is 20.1 Å². The van der Waals surface area contributed by atoms with Crippen LogP contribution in [0.1, 0.15) is 33.5 Å². The third kappa shape index (κ3) is 7.63. The highest BCUT2D eigenvalue weighted by molar-refractivity contribution is 7.99. The number of benzene rings is 3. The second-order valence-corrected chi connectivity index (χ2v) is 9.57. The quantitative estimate of drug-likeness (QED) is 0.183. The number of methoxy groups -OCH3 is 2. The number of nitrogens with zero attached hydrogens (tertiary/aromatic N) is 3. The molecule has 4 rings (SSSR count). The molecular formula is C29H28FN5O6S. The van der Waals surface area contributed by atoms with Gasteiger partial charge in [0.2, 0.25) is 5.91 Å². The van der Waals surface area contributed by atoms with Crippen LogP contribution in [0.2, 0.25) is 0 Å². The molecule has 13 heteroatoms. The summed E-state index contributed by atoms with van der Waals surface area (Å²) < 4.78 is 30.7. The highest BCUT2D eigenvalue weighted by Gasteiger charge is 2.18. The van der Waals surface area contributed by atoms with E-state index in [1.165, 1.54) is 26.4 Å². The fourth-order valence-electron chi connectivity index (χ4n) is 3.79. The number of thioether (sulfide) groups is 1. The summed E-state index contributed by atoms with van der Waals surface area (Å²) in [4.78, 5) is 37.4. The molecule has 0 spiro atoms. The summed E-state index contributed by atoms with van der Waals surface area (Å²) in [7, 11) is 2.98. The maximum Gasteiger partial charge on any atom is 0.338 e. The lowest BCUT2D eigenvalue weighted by Gasteiger charge is -2.12. The molecule has 0 unspecified atom stereocenters. The number of rotatable bonds is 12. The number of hydrogen-bond donors (Lipinski definition) is 2. The van der Waals surface area contributed by atoms with Gasteiger partial charge in [-0.2, -0.15) is 0 Å². The maximum absolute atomic E-state index is 13.7. The van der Waals surface area contributed by atoms with Crippen molar-refractivity contribution in [3.05, 3.63) is 89.5 Å². The molecule has 4 aromatic rings. The summed E-state index contributed by atoms with van der Waals surface area (Å²) in [6.45, 7) is 1.98. The second-order valence-electron chi connectivity index (χ2n) is 8.63. The number of ether oxygens (including phenoxy) is 3. The van der Waals surface area contributed by atoms with Crippen molar-refractivity contribution in [3.8, 4) is 17.2 Å². The Morgan fingerprint density at radius 2 is 1.57 bits per heavy atom. The van der Waals surface area contributed by atoms with E-state index in [4.69, 9.17) is 14.2 Å². The monoisotopic (exact) mass is 593 g/mol. The average Bonchev–Trinajstić information content (AvgIpc) is 3.42. The van der Waals surface area contributed by atoms with Crippen LogP contribution in [0.4, 0.5) is 10.1 Å². The van der Waals surface area contributed by atoms with Crippen molar-refractivity contribution < 1.29 is 33.0 Å². The molecule has 0 saturated heterocycles. The van der Waals surface area contributed by atoms with Crippen LogP contribution in [0.15, 0.2) is 71.9 Å². The van der Waals surface area contributed by atoms with Crippen molar-refractivity contribution in [1.29, 1.82) is 0 Å². The minimum Gasteiger partial charge on any atom is -0.497 e. The molecule has 11 nitrogen and oxygen atoms in total. The van der Waals surface area contributed by atoms with Crippen LogP contribution < -0.4 is 20.1 Å². The summed E-state index contributed by atoms with van der Waals surface area (Å²) in [6, 6.07) is 16.8. The van der Waals surface area contributed by atoms with Gasteiger partial charge < -0.3 is 24.8 Å². The van der Waals surface area contributed by atoms with Gasteiger partial charge in [0.15, 0.2) is 11.0 Å². The highest BCUT2D eigenvalue weighted by Crippen LogP contribution is 2.24. The average molecular weight is 594 g/mol. The van der Waals surface area contributed by atoms with Crippen molar-refractivity contribution in [2.24, 2.45) is 0 Å². The Morgan fingerprint density at radius 3 is 2.19 bits per heavy atom. The summed E-state index contributed by atoms with van der Waals surface area (Å²) in [5.74, 6) is -0.320. The Balaban J connectivity index is 1.47. The molecule has 0 fully saturated rings. The van der Waals surface area contributed by atoms with Crippen LogP contribution in [0, 0.1) is 5.82 Å². The summed E-state index contributed by atoms with van der Waals surface area (Å²) >= 11 is 1.11. The van der Waals surface area contributed by atoms with Crippen molar-refractivity contribution in [2.45, 2.75) is 18.6 Å². The molecule has 0 bridgehead atoms. The molecule has 42 heavy (non-hydrogen) atoms. The molecule has 2 N–H and O–H groups in total. The molecule has 0 saturated carbocycles. The third-order valence-corrected chi connectivity index (χ3v) is 6.75. The topological polar surface area (TPSA) is 134 Å². The van der Waals surface area contributed by atoms with Gasteiger partial charge in [0, 0.05) is 23.0 Å². The Bertz CT molecular complexity index is 1540. The molecule has 1 aromatic heterocycles. The predicted molar refractivity (Wildman–Crippen MR) is 154 cm³/mol. The van der Waals surface area contributed by atoms with E-state index in [2.05, 4.69) is 20.8 Å². The Kier molecular flexibility index (Phi) is 10.1. The number of aromatic nitrogens is 3. The standard InChI is InChI=1S/C29H28FN5O6S/c1-4-41-28(38)18-5-9-21(10-6-18)32-26(36)17-42-29-34-33-25(35(29)22-11-7-20(30)8-12-22)16-31-27(37)19-13-23(39-2)15-24(14-19)40-3/h5-15H,4,16-17H2,1-3H3,(H,31,37)(H,32,36). The molecular weight excluding hydrogens is 565 g/mol. The summed E-state index contributed by atoms with van der Waals surface area (Å²) in [6.07, 6.45) is 0. The minimum atomic E-state index is -0.443. The largest absolute Gasteiger partial charge is 0.497 e. The van der Waals surface area contributed by atoms with Crippen LogP contribution in [0.5, 0.6) is 11.5 Å². The number of hydrogen-bond acceptors (Lipinski definition) is 9. The highest BCUT2D eigenvalue weighted by atomic mass is 32.2. The van der Waals surface area contributed by atoms with E-state index >= 15 is 0 Å². The molecule has 1 heterocycles. The molecule has 0 aliphatic carbocycles. The summed E-state index contributed by atoms with van der Waals surface area (Å²) in [5, 5.41) is 14.3. The summed E-state index contributed by atoms with van der Waals surface area (Å²) in [5.41, 5.74) is 1.75. The van der Waals surface area contributed by atoms with Gasteiger partial charge >= 0.3 is 5.97 Å². The van der Waals surface area contributed by atoms with Gasteiger partial charge in [0.1, 0.15) is 17.3 Å². The van der Waals surface area contributed by atoms with Gasteiger partial charge in [-0.25, -0.2) is 9.18 Å². The number of nitrogens with one attached hydrogen (secondary N) is 2. The fourth-order valence-corrected chi connectivity index (χ4v) is 4.56. The number of anilines is 1. The van der Waals surface area contributed by atoms with Crippen molar-refractivity contribution in [3.63, 3.8) is 0 Å². The molecule has 0 aliphatic rings. The number of halogens is 1. The molecule has 2 amide bonds. The van der Waals surface area contributed by atoms with Crippen molar-refractivity contribution >= 4 is 35.2 Å². The molecule has 0 aliphatic heterocycles. The number of esters is 1. The number of carbonyl (C=O) groups is 3. The smallest absolute Gasteiger partial charge is 0.338 e. The Morgan fingerprint density at radius 1 is 0.905 bits per heavy atom. The maximum atomic E-state index is 13.7. The van der Waals surface area contributed by atoms with E-state index < -0.39 is 17.7 Å². The van der Waals surface area contributed by atoms with Crippen LogP contribution in [0.25, 0.3) is 5.69 Å². The van der Waals surface area contributed by atoms with Gasteiger partial charge in [-0.15, -0.1) is 10.2 Å². The van der Waals surface area contributed by atoms with Crippen molar-refractivity contribution in [2.75, 3.05) is 31.9 Å². The van der Waals surface area contributed by atoms with E-state index in [9.17, 15) is 18.8 Å². The lowest BCUT2D eigenvalue weighted by Crippen LogP contribution is -2.24.